The molecule has 2 aliphatic rings. The largest absolute Gasteiger partial charge is 0.342 e. The molecule has 1 N–H and O–H groups in total. The van der Waals surface area contributed by atoms with Gasteiger partial charge in [0.25, 0.3) is 0 Å². The topological polar surface area (TPSA) is 32.3 Å². The van der Waals surface area contributed by atoms with Crippen LogP contribution in [0.3, 0.4) is 0 Å². The molecule has 0 aromatic heterocycles. The lowest BCUT2D eigenvalue weighted by Crippen LogP contribution is -2.48. The Hall–Kier alpha value is -0.570. The Morgan fingerprint density at radius 3 is 2.83 bits per heavy atom. The highest BCUT2D eigenvalue weighted by atomic mass is 16.2. The highest BCUT2D eigenvalue weighted by Crippen LogP contribution is 2.29. The molecule has 2 atom stereocenters. The molecule has 0 saturated carbocycles. The van der Waals surface area contributed by atoms with Crippen LogP contribution in [0.15, 0.2) is 0 Å². The molecule has 0 spiro atoms. The summed E-state index contributed by atoms with van der Waals surface area (Å²) in [6.07, 6.45) is 5.61. The van der Waals surface area contributed by atoms with Crippen molar-refractivity contribution in [2.45, 2.75) is 58.9 Å². The van der Waals surface area contributed by atoms with E-state index >= 15 is 0 Å². The summed E-state index contributed by atoms with van der Waals surface area (Å²) in [5.41, 5.74) is 0.305. The average Bonchev–Trinajstić information content (AvgIpc) is 2.31. The van der Waals surface area contributed by atoms with Crippen molar-refractivity contribution in [2.75, 3.05) is 19.6 Å². The molecule has 2 unspecified atom stereocenters. The Kier molecular flexibility index (Phi) is 4.31. The summed E-state index contributed by atoms with van der Waals surface area (Å²) in [5.74, 6) is 0.995. The summed E-state index contributed by atoms with van der Waals surface area (Å²) in [5, 5.41) is 3.51. The fraction of sp³-hybridized carbons (Fsp3) is 0.933. The van der Waals surface area contributed by atoms with E-state index < -0.39 is 0 Å². The Bertz CT molecular complexity index is 301. The van der Waals surface area contributed by atoms with Crippen molar-refractivity contribution in [3.63, 3.8) is 0 Å². The first kappa shape index (κ1) is 13.9. The zero-order chi connectivity index (χ0) is 13.2. The van der Waals surface area contributed by atoms with Gasteiger partial charge in [-0.25, -0.2) is 0 Å². The molecule has 1 amide bonds. The van der Waals surface area contributed by atoms with Gasteiger partial charge in [-0.2, -0.15) is 0 Å². The van der Waals surface area contributed by atoms with Crippen LogP contribution < -0.4 is 5.32 Å². The molecule has 0 aromatic carbocycles. The number of piperidine rings is 2. The molecule has 2 fully saturated rings. The van der Waals surface area contributed by atoms with Crippen molar-refractivity contribution in [1.29, 1.82) is 0 Å². The first-order valence-electron chi connectivity index (χ1n) is 7.49. The summed E-state index contributed by atoms with van der Waals surface area (Å²) in [4.78, 5) is 14.5. The van der Waals surface area contributed by atoms with E-state index in [0.717, 1.165) is 26.1 Å². The minimum atomic E-state index is 0.305. The molecular formula is C15H28N2O. The first-order valence-corrected chi connectivity index (χ1v) is 7.49. The second-order valence-corrected chi connectivity index (χ2v) is 6.97. The quantitative estimate of drug-likeness (QED) is 0.818. The molecule has 3 nitrogen and oxygen atoms in total. The van der Waals surface area contributed by atoms with E-state index in [2.05, 4.69) is 31.0 Å². The maximum absolute atomic E-state index is 12.4. The maximum atomic E-state index is 12.4. The van der Waals surface area contributed by atoms with Crippen molar-refractivity contribution in [2.24, 2.45) is 11.3 Å². The van der Waals surface area contributed by atoms with Crippen LogP contribution >= 0.6 is 0 Å². The van der Waals surface area contributed by atoms with Gasteiger partial charge in [0.15, 0.2) is 0 Å². The molecule has 104 valence electrons. The van der Waals surface area contributed by atoms with Gasteiger partial charge in [0, 0.05) is 25.6 Å². The summed E-state index contributed by atoms with van der Waals surface area (Å²) in [6, 6.07) is 0.399. The predicted octanol–water partition coefficient (Wildman–Crippen LogP) is 2.41. The van der Waals surface area contributed by atoms with Crippen LogP contribution in [0.25, 0.3) is 0 Å². The maximum Gasteiger partial charge on any atom is 0.224 e. The lowest BCUT2D eigenvalue weighted by atomic mass is 9.83. The highest BCUT2D eigenvalue weighted by molar-refractivity contribution is 5.77. The molecule has 2 rings (SSSR count). The lowest BCUT2D eigenvalue weighted by molar-refractivity contribution is -0.135. The Balaban J connectivity index is 1.87. The molecule has 18 heavy (non-hydrogen) atoms. The number of hydrogen-bond donors (Lipinski definition) is 1. The van der Waals surface area contributed by atoms with Gasteiger partial charge in [0.05, 0.1) is 0 Å². The second kappa shape index (κ2) is 5.60. The SMILES string of the molecule is CC1CCCNC1CC(=O)N1CCCC(C)(C)C1. The number of carbonyl (C=O) groups is 1. The molecule has 0 bridgehead atoms. The van der Waals surface area contributed by atoms with Crippen LogP contribution in [-0.4, -0.2) is 36.5 Å². The summed E-state index contributed by atoms with van der Waals surface area (Å²) < 4.78 is 0. The average molecular weight is 252 g/mol. The van der Waals surface area contributed by atoms with Crippen molar-refractivity contribution in [1.82, 2.24) is 10.2 Å². The van der Waals surface area contributed by atoms with Crippen LogP contribution in [0, 0.1) is 11.3 Å². The molecule has 0 aromatic rings. The molecule has 0 radical (unpaired) electrons. The van der Waals surface area contributed by atoms with Crippen LogP contribution in [0.2, 0.25) is 0 Å². The summed E-state index contributed by atoms with van der Waals surface area (Å²) in [7, 11) is 0. The molecular weight excluding hydrogens is 224 g/mol. The minimum absolute atomic E-state index is 0.305. The summed E-state index contributed by atoms with van der Waals surface area (Å²) in [6.45, 7) is 9.79. The van der Waals surface area contributed by atoms with E-state index in [0.29, 0.717) is 29.7 Å². The van der Waals surface area contributed by atoms with Gasteiger partial charge in [-0.15, -0.1) is 0 Å². The number of amides is 1. The van der Waals surface area contributed by atoms with Crippen LogP contribution in [-0.2, 0) is 4.79 Å². The third-order valence-corrected chi connectivity index (χ3v) is 4.58. The summed E-state index contributed by atoms with van der Waals surface area (Å²) >= 11 is 0. The Morgan fingerprint density at radius 2 is 2.17 bits per heavy atom. The van der Waals surface area contributed by atoms with E-state index in [1.165, 1.54) is 19.3 Å². The van der Waals surface area contributed by atoms with Gasteiger partial charge < -0.3 is 10.2 Å². The standard InChI is InChI=1S/C15H28N2O/c1-12-6-4-8-16-13(12)10-14(18)17-9-5-7-15(2,3)11-17/h12-13,16H,4-11H2,1-3H3. The van der Waals surface area contributed by atoms with Gasteiger partial charge in [-0.1, -0.05) is 20.8 Å². The molecule has 2 aliphatic heterocycles. The number of carbonyl (C=O) groups excluding carboxylic acids is 1. The smallest absolute Gasteiger partial charge is 0.224 e. The van der Waals surface area contributed by atoms with Crippen molar-refractivity contribution in [3.8, 4) is 0 Å². The highest BCUT2D eigenvalue weighted by Gasteiger charge is 2.31. The fourth-order valence-corrected chi connectivity index (χ4v) is 3.34. The van der Waals surface area contributed by atoms with Crippen LogP contribution in [0.1, 0.15) is 52.9 Å². The first-order chi connectivity index (χ1) is 8.48. The molecule has 2 saturated heterocycles. The van der Waals surface area contributed by atoms with E-state index in [-0.39, 0.29) is 0 Å². The number of rotatable bonds is 2. The lowest BCUT2D eigenvalue weighted by Gasteiger charge is -2.39. The number of nitrogens with zero attached hydrogens (tertiary/aromatic N) is 1. The third kappa shape index (κ3) is 3.47. The second-order valence-electron chi connectivity index (χ2n) is 6.97. The fourth-order valence-electron chi connectivity index (χ4n) is 3.34. The molecule has 2 heterocycles. The van der Waals surface area contributed by atoms with E-state index in [4.69, 9.17) is 0 Å². The predicted molar refractivity (Wildman–Crippen MR) is 74.4 cm³/mol. The zero-order valence-corrected chi connectivity index (χ0v) is 12.2. The van der Waals surface area contributed by atoms with Crippen molar-refractivity contribution in [3.05, 3.63) is 0 Å². The third-order valence-electron chi connectivity index (χ3n) is 4.58. The van der Waals surface area contributed by atoms with Gasteiger partial charge in [-0.05, 0) is 43.6 Å². The van der Waals surface area contributed by atoms with Crippen molar-refractivity contribution >= 4 is 5.91 Å². The molecule has 3 heteroatoms. The van der Waals surface area contributed by atoms with E-state index in [1.807, 2.05) is 0 Å². The zero-order valence-electron chi connectivity index (χ0n) is 12.2. The Morgan fingerprint density at radius 1 is 1.39 bits per heavy atom. The van der Waals surface area contributed by atoms with Gasteiger partial charge in [0.1, 0.15) is 0 Å². The normalized spacial score (nSPS) is 32.3. The van der Waals surface area contributed by atoms with Crippen LogP contribution in [0.5, 0.6) is 0 Å². The van der Waals surface area contributed by atoms with Crippen molar-refractivity contribution < 1.29 is 4.79 Å². The minimum Gasteiger partial charge on any atom is -0.342 e. The van der Waals surface area contributed by atoms with Gasteiger partial charge in [-0.3, -0.25) is 4.79 Å². The molecule has 0 aliphatic carbocycles. The van der Waals surface area contributed by atoms with Crippen LogP contribution in [0.4, 0.5) is 0 Å². The van der Waals surface area contributed by atoms with E-state index in [1.54, 1.807) is 0 Å². The Labute approximate surface area is 111 Å². The number of hydrogen-bond acceptors (Lipinski definition) is 2. The number of likely N-dealkylation sites (tertiary alicyclic amines) is 1. The number of nitrogens with one attached hydrogen (secondary N) is 1. The van der Waals surface area contributed by atoms with Gasteiger partial charge in [0.2, 0.25) is 5.91 Å². The van der Waals surface area contributed by atoms with Gasteiger partial charge >= 0.3 is 0 Å². The van der Waals surface area contributed by atoms with E-state index in [9.17, 15) is 4.79 Å². The monoisotopic (exact) mass is 252 g/mol.